The van der Waals surface area contributed by atoms with E-state index < -0.39 is 42.8 Å². The van der Waals surface area contributed by atoms with Gasteiger partial charge in [0.1, 0.15) is 36.3 Å². The molecule has 1 aromatic carbocycles. The van der Waals surface area contributed by atoms with Crippen LogP contribution in [0.2, 0.25) is 5.02 Å². The summed E-state index contributed by atoms with van der Waals surface area (Å²) < 4.78 is 34.9. The van der Waals surface area contributed by atoms with Crippen molar-refractivity contribution in [1.29, 1.82) is 0 Å². The molecule has 154 valence electrons. The Morgan fingerprint density at radius 2 is 1.97 bits per heavy atom. The first-order chi connectivity index (χ1) is 13.9. The van der Waals surface area contributed by atoms with Crippen molar-refractivity contribution in [2.75, 3.05) is 11.9 Å². The molecule has 1 fully saturated rings. The fourth-order valence-electron chi connectivity index (χ4n) is 3.18. The molecule has 1 saturated heterocycles. The van der Waals surface area contributed by atoms with Crippen LogP contribution in [-0.4, -0.2) is 59.8 Å². The molecule has 0 saturated carbocycles. The van der Waals surface area contributed by atoms with Crippen molar-refractivity contribution in [1.82, 2.24) is 19.5 Å². The van der Waals surface area contributed by atoms with Crippen molar-refractivity contribution < 1.29 is 28.8 Å². The Morgan fingerprint density at radius 3 is 2.69 bits per heavy atom. The summed E-state index contributed by atoms with van der Waals surface area (Å²) >= 11 is 5.70. The molecule has 0 amide bonds. The van der Waals surface area contributed by atoms with Gasteiger partial charge in [-0.15, -0.1) is 0 Å². The fraction of sp³-hybridized carbons (Fsp3) is 0.353. The third-order valence-corrected chi connectivity index (χ3v) is 5.01. The smallest absolute Gasteiger partial charge is 0.167 e. The Kier molecular flexibility index (Phi) is 5.32. The van der Waals surface area contributed by atoms with E-state index in [4.69, 9.17) is 16.3 Å². The minimum atomic E-state index is -1.31. The molecule has 1 aliphatic rings. The number of benzene rings is 1. The number of ether oxygens (including phenoxy) is 1. The molecular weight excluding hydrogens is 412 g/mol. The molecule has 4 atom stereocenters. The van der Waals surface area contributed by atoms with Gasteiger partial charge >= 0.3 is 0 Å². The predicted molar refractivity (Wildman–Crippen MR) is 97.0 cm³/mol. The van der Waals surface area contributed by atoms with Crippen molar-refractivity contribution in [3.63, 3.8) is 0 Å². The van der Waals surface area contributed by atoms with Gasteiger partial charge in [-0.1, -0.05) is 11.6 Å². The van der Waals surface area contributed by atoms with Crippen LogP contribution in [0.3, 0.4) is 0 Å². The Morgan fingerprint density at radius 1 is 1.17 bits per heavy atom. The number of halogens is 3. The zero-order valence-corrected chi connectivity index (χ0v) is 15.5. The molecule has 2 aromatic heterocycles. The topological polar surface area (TPSA) is 126 Å². The maximum atomic E-state index is 14.1. The lowest BCUT2D eigenvalue weighted by atomic mass is 10.1. The lowest BCUT2D eigenvalue weighted by Gasteiger charge is -2.16. The van der Waals surface area contributed by atoms with E-state index >= 15 is 0 Å². The summed E-state index contributed by atoms with van der Waals surface area (Å²) in [5.74, 6) is -1.44. The first-order valence-corrected chi connectivity index (χ1v) is 8.96. The molecule has 0 aliphatic carbocycles. The average molecular weight is 428 g/mol. The number of aliphatic hydroxyl groups excluding tert-OH is 3. The van der Waals surface area contributed by atoms with Crippen molar-refractivity contribution >= 4 is 28.6 Å². The Balaban J connectivity index is 1.63. The number of fused-ring (bicyclic) bond motifs is 1. The molecule has 0 radical (unpaired) electrons. The van der Waals surface area contributed by atoms with Crippen molar-refractivity contribution in [2.45, 2.75) is 31.1 Å². The second-order valence-corrected chi connectivity index (χ2v) is 6.86. The molecule has 12 heteroatoms. The first-order valence-electron chi connectivity index (χ1n) is 8.58. The van der Waals surface area contributed by atoms with Gasteiger partial charge in [0.25, 0.3) is 0 Å². The molecule has 0 bridgehead atoms. The second kappa shape index (κ2) is 7.76. The van der Waals surface area contributed by atoms with E-state index in [0.29, 0.717) is 0 Å². The summed E-state index contributed by atoms with van der Waals surface area (Å²) in [6.45, 7) is -0.717. The van der Waals surface area contributed by atoms with Crippen molar-refractivity contribution in [3.8, 4) is 0 Å². The zero-order chi connectivity index (χ0) is 20.7. The summed E-state index contributed by atoms with van der Waals surface area (Å²) in [5.41, 5.74) is 0.254. The van der Waals surface area contributed by atoms with Crippen molar-refractivity contribution in [3.05, 3.63) is 47.0 Å². The standard InChI is InChI=1S/C17H16ClF2N5O4/c18-8-1-2-9(19)7(11(8)20)3-21-15-12-16(23-5-22-15)25(6-24-12)17-14(28)13(27)10(4-26)29-17/h1-2,5-6,10,13-14,17,26-28H,3-4H2,(H,21,22,23)/t10-,13-,14+,17-/m1/s1. The highest BCUT2D eigenvalue weighted by Gasteiger charge is 2.44. The summed E-state index contributed by atoms with van der Waals surface area (Å²) in [4.78, 5) is 12.3. The van der Waals surface area contributed by atoms with Gasteiger partial charge in [-0.2, -0.15) is 0 Å². The maximum Gasteiger partial charge on any atom is 0.167 e. The molecule has 1 aliphatic heterocycles. The van der Waals surface area contributed by atoms with Gasteiger partial charge < -0.3 is 25.4 Å². The van der Waals surface area contributed by atoms with Crippen LogP contribution in [0.1, 0.15) is 11.8 Å². The van der Waals surface area contributed by atoms with Crippen LogP contribution in [0.15, 0.2) is 24.8 Å². The minimum absolute atomic E-state index is 0.194. The normalized spacial score (nSPS) is 24.3. The third-order valence-electron chi connectivity index (χ3n) is 4.72. The van der Waals surface area contributed by atoms with Gasteiger partial charge in [0.15, 0.2) is 23.2 Å². The highest BCUT2D eigenvalue weighted by atomic mass is 35.5. The summed E-state index contributed by atoms with van der Waals surface area (Å²) in [6, 6.07) is 2.19. The summed E-state index contributed by atoms with van der Waals surface area (Å²) in [7, 11) is 0. The first kappa shape index (κ1) is 19.9. The van der Waals surface area contributed by atoms with Crippen LogP contribution in [0.25, 0.3) is 11.2 Å². The number of anilines is 1. The van der Waals surface area contributed by atoms with Crippen LogP contribution >= 0.6 is 11.6 Å². The number of hydrogen-bond donors (Lipinski definition) is 4. The molecule has 4 N–H and O–H groups in total. The highest BCUT2D eigenvalue weighted by molar-refractivity contribution is 6.30. The maximum absolute atomic E-state index is 14.1. The quantitative estimate of drug-likeness (QED) is 0.444. The van der Waals surface area contributed by atoms with E-state index in [1.54, 1.807) is 0 Å². The number of aromatic nitrogens is 4. The zero-order valence-electron chi connectivity index (χ0n) is 14.7. The van der Waals surface area contributed by atoms with Gasteiger partial charge in [0.2, 0.25) is 0 Å². The Hall–Kier alpha value is -2.44. The minimum Gasteiger partial charge on any atom is -0.394 e. The number of nitrogens with zero attached hydrogens (tertiary/aromatic N) is 4. The highest BCUT2D eigenvalue weighted by Crippen LogP contribution is 2.32. The number of aliphatic hydroxyl groups is 3. The van der Waals surface area contributed by atoms with Crippen LogP contribution < -0.4 is 5.32 Å². The largest absolute Gasteiger partial charge is 0.394 e. The van der Waals surface area contributed by atoms with Crippen LogP contribution in [0.5, 0.6) is 0 Å². The summed E-state index contributed by atoms with van der Waals surface area (Å²) in [5, 5.41) is 32.0. The average Bonchev–Trinajstić information content (AvgIpc) is 3.26. The molecule has 0 unspecified atom stereocenters. The lowest BCUT2D eigenvalue weighted by Crippen LogP contribution is -2.33. The van der Waals surface area contributed by atoms with E-state index in [9.17, 15) is 24.1 Å². The van der Waals surface area contributed by atoms with Gasteiger partial charge in [-0.25, -0.2) is 23.7 Å². The molecule has 0 spiro atoms. The predicted octanol–water partition coefficient (Wildman–Crippen LogP) is 0.981. The lowest BCUT2D eigenvalue weighted by molar-refractivity contribution is -0.0511. The SMILES string of the molecule is OC[C@H]1O[C@@H](n2cnc3c(NCc4c(F)ccc(Cl)c4F)ncnc32)[C@@H](O)[C@@H]1O. The number of nitrogens with one attached hydrogen (secondary N) is 1. The monoisotopic (exact) mass is 427 g/mol. The molecule has 3 aromatic rings. The fourth-order valence-corrected chi connectivity index (χ4v) is 3.36. The third kappa shape index (κ3) is 3.40. The molecule has 4 rings (SSSR count). The van der Waals surface area contributed by atoms with E-state index in [0.717, 1.165) is 12.1 Å². The van der Waals surface area contributed by atoms with E-state index in [-0.39, 0.29) is 34.1 Å². The van der Waals surface area contributed by atoms with E-state index in [2.05, 4.69) is 20.3 Å². The second-order valence-electron chi connectivity index (χ2n) is 6.45. The molecule has 3 heterocycles. The van der Waals surface area contributed by atoms with Crippen LogP contribution in [0.4, 0.5) is 14.6 Å². The van der Waals surface area contributed by atoms with Gasteiger partial charge in [-0.05, 0) is 12.1 Å². The Bertz CT molecular complexity index is 1050. The number of rotatable bonds is 5. The number of imidazole rings is 1. The van der Waals surface area contributed by atoms with Gasteiger partial charge in [0.05, 0.1) is 18.0 Å². The Labute approximate surface area is 167 Å². The van der Waals surface area contributed by atoms with Gasteiger partial charge in [-0.3, -0.25) is 4.57 Å². The van der Waals surface area contributed by atoms with E-state index in [1.807, 2.05) is 0 Å². The van der Waals surface area contributed by atoms with Gasteiger partial charge in [0, 0.05) is 12.1 Å². The van der Waals surface area contributed by atoms with Crippen LogP contribution in [-0.2, 0) is 11.3 Å². The molecular formula is C17H16ClF2N5O4. The number of hydrogen-bond acceptors (Lipinski definition) is 8. The molecule has 9 nitrogen and oxygen atoms in total. The van der Waals surface area contributed by atoms with Crippen LogP contribution in [0, 0.1) is 11.6 Å². The summed E-state index contributed by atoms with van der Waals surface area (Å²) in [6.07, 6.45) is -2.06. The van der Waals surface area contributed by atoms with Crippen molar-refractivity contribution in [2.24, 2.45) is 0 Å². The van der Waals surface area contributed by atoms with E-state index in [1.165, 1.54) is 17.2 Å². The molecule has 29 heavy (non-hydrogen) atoms.